The molecule has 0 atom stereocenters. The number of benzene rings is 2. The van der Waals surface area contributed by atoms with Gasteiger partial charge in [-0.25, -0.2) is 13.1 Å². The van der Waals surface area contributed by atoms with Crippen molar-refractivity contribution in [3.8, 4) is 21.1 Å². The number of nitrogens with one attached hydrogen (secondary N) is 2. The summed E-state index contributed by atoms with van der Waals surface area (Å²) in [4.78, 5) is 2.45. The number of aromatic nitrogens is 2. The molecule has 0 fully saturated rings. The topological polar surface area (TPSA) is 74.8 Å². The Balaban J connectivity index is 1.43. The van der Waals surface area contributed by atoms with Crippen LogP contribution >= 0.6 is 22.7 Å². The zero-order valence-electron chi connectivity index (χ0n) is 16.4. The fourth-order valence-electron chi connectivity index (χ4n) is 3.67. The number of aromatic amines is 1. The van der Waals surface area contributed by atoms with Crippen LogP contribution in [0.5, 0.6) is 0 Å². The summed E-state index contributed by atoms with van der Waals surface area (Å²) in [6, 6.07) is 20.9. The molecule has 156 valence electrons. The van der Waals surface area contributed by atoms with E-state index >= 15 is 0 Å². The molecule has 0 amide bonds. The Morgan fingerprint density at radius 3 is 2.39 bits per heavy atom. The zero-order chi connectivity index (χ0) is 21.3. The van der Waals surface area contributed by atoms with Crippen LogP contribution in [-0.2, 0) is 16.4 Å². The second-order valence-corrected chi connectivity index (χ2v) is 10.6. The van der Waals surface area contributed by atoms with Gasteiger partial charge in [0.05, 0.1) is 20.3 Å². The zero-order valence-corrected chi connectivity index (χ0v) is 18.9. The molecule has 5 aromatic rings. The van der Waals surface area contributed by atoms with Crippen molar-refractivity contribution in [3.63, 3.8) is 0 Å². The highest BCUT2D eigenvalue weighted by Crippen LogP contribution is 2.34. The van der Waals surface area contributed by atoms with Crippen molar-refractivity contribution in [2.24, 2.45) is 0 Å². The van der Waals surface area contributed by atoms with Crippen LogP contribution in [-0.4, -0.2) is 25.2 Å². The lowest BCUT2D eigenvalue weighted by molar-refractivity contribution is 0.582. The average molecular weight is 466 g/mol. The lowest BCUT2D eigenvalue weighted by atomic mass is 10.1. The minimum atomic E-state index is -3.65. The van der Waals surface area contributed by atoms with E-state index in [1.165, 1.54) is 0 Å². The SMILES string of the molecule is O=S(=O)(NCCc1c(-c2cccs2)n[nH]c1-c1cccs1)c1cccc2ccccc12. The number of H-pyrrole nitrogens is 1. The largest absolute Gasteiger partial charge is 0.276 e. The van der Waals surface area contributed by atoms with Crippen LogP contribution in [0.2, 0.25) is 0 Å². The van der Waals surface area contributed by atoms with E-state index in [9.17, 15) is 8.42 Å². The van der Waals surface area contributed by atoms with Gasteiger partial charge >= 0.3 is 0 Å². The Kier molecular flexibility index (Phi) is 5.45. The molecular weight excluding hydrogens is 446 g/mol. The van der Waals surface area contributed by atoms with Gasteiger partial charge in [-0.15, -0.1) is 22.7 Å². The highest BCUT2D eigenvalue weighted by molar-refractivity contribution is 7.89. The Hall–Kier alpha value is -2.78. The fourth-order valence-corrected chi connectivity index (χ4v) is 6.42. The molecule has 0 bridgehead atoms. The molecule has 2 aromatic carbocycles. The number of sulfonamides is 1. The first-order valence-electron chi connectivity index (χ1n) is 9.76. The molecule has 5 nitrogen and oxygen atoms in total. The van der Waals surface area contributed by atoms with Crippen molar-refractivity contribution < 1.29 is 8.42 Å². The molecule has 0 radical (unpaired) electrons. The first kappa shape index (κ1) is 20.1. The number of hydrogen-bond acceptors (Lipinski definition) is 5. The van der Waals surface area contributed by atoms with Gasteiger partial charge in [-0.3, -0.25) is 5.10 Å². The standard InChI is InChI=1S/C23H19N3O2S3/c27-31(28,21-11-3-7-16-6-1-2-8-17(16)21)24-13-12-18-22(19-9-4-14-29-19)25-26-23(18)20-10-5-15-30-20/h1-11,14-15,24H,12-13H2,(H,25,26). The molecule has 0 unspecified atom stereocenters. The monoisotopic (exact) mass is 465 g/mol. The van der Waals surface area contributed by atoms with E-state index in [1.54, 1.807) is 34.8 Å². The van der Waals surface area contributed by atoms with Gasteiger partial charge < -0.3 is 0 Å². The molecule has 3 aromatic heterocycles. The van der Waals surface area contributed by atoms with Gasteiger partial charge in [0.2, 0.25) is 10.0 Å². The summed E-state index contributed by atoms with van der Waals surface area (Å²) in [6.07, 6.45) is 0.529. The van der Waals surface area contributed by atoms with E-state index in [1.807, 2.05) is 65.4 Å². The van der Waals surface area contributed by atoms with Gasteiger partial charge in [-0.05, 0) is 40.8 Å². The summed E-state index contributed by atoms with van der Waals surface area (Å²) in [5.74, 6) is 0. The van der Waals surface area contributed by atoms with Crippen LogP contribution < -0.4 is 4.72 Å². The smallest absolute Gasteiger partial charge is 0.241 e. The maximum absolute atomic E-state index is 13.1. The van der Waals surface area contributed by atoms with Gasteiger partial charge in [0.25, 0.3) is 0 Å². The predicted molar refractivity (Wildman–Crippen MR) is 128 cm³/mol. The average Bonchev–Trinajstić information content (AvgIpc) is 3.54. The third-order valence-corrected chi connectivity index (χ3v) is 8.38. The highest BCUT2D eigenvalue weighted by Gasteiger charge is 2.20. The second kappa shape index (κ2) is 8.39. The summed E-state index contributed by atoms with van der Waals surface area (Å²) < 4.78 is 28.9. The minimum absolute atomic E-state index is 0.280. The number of nitrogens with zero attached hydrogens (tertiary/aromatic N) is 1. The van der Waals surface area contributed by atoms with Crippen molar-refractivity contribution >= 4 is 43.5 Å². The fraction of sp³-hybridized carbons (Fsp3) is 0.0870. The molecule has 2 N–H and O–H groups in total. The number of hydrogen-bond donors (Lipinski definition) is 2. The predicted octanol–water partition coefficient (Wildman–Crippen LogP) is 5.54. The van der Waals surface area contributed by atoms with E-state index in [0.29, 0.717) is 11.3 Å². The van der Waals surface area contributed by atoms with E-state index in [4.69, 9.17) is 0 Å². The molecule has 8 heteroatoms. The van der Waals surface area contributed by atoms with Crippen LogP contribution in [0, 0.1) is 0 Å². The van der Waals surface area contributed by atoms with Gasteiger partial charge in [0.15, 0.2) is 0 Å². The Labute approximate surface area is 188 Å². The Morgan fingerprint density at radius 1 is 0.871 bits per heavy atom. The lowest BCUT2D eigenvalue weighted by Crippen LogP contribution is -2.26. The van der Waals surface area contributed by atoms with E-state index in [2.05, 4.69) is 14.9 Å². The van der Waals surface area contributed by atoms with Gasteiger partial charge in [-0.1, -0.05) is 48.5 Å². The first-order chi connectivity index (χ1) is 15.1. The molecular formula is C23H19N3O2S3. The summed E-state index contributed by atoms with van der Waals surface area (Å²) in [7, 11) is -3.65. The first-order valence-corrected chi connectivity index (χ1v) is 13.0. The molecule has 0 saturated heterocycles. The van der Waals surface area contributed by atoms with Crippen molar-refractivity contribution in [2.45, 2.75) is 11.3 Å². The summed E-state index contributed by atoms with van der Waals surface area (Å²) in [5.41, 5.74) is 2.84. The Morgan fingerprint density at radius 2 is 1.61 bits per heavy atom. The number of thiophene rings is 2. The molecule has 0 spiro atoms. The van der Waals surface area contributed by atoms with Crippen LogP contribution in [0.1, 0.15) is 5.56 Å². The van der Waals surface area contributed by atoms with E-state index < -0.39 is 10.0 Å². The molecule has 0 saturated carbocycles. The van der Waals surface area contributed by atoms with Crippen LogP contribution in [0.4, 0.5) is 0 Å². The van der Waals surface area contributed by atoms with Crippen molar-refractivity contribution in [3.05, 3.63) is 83.1 Å². The van der Waals surface area contributed by atoms with E-state index in [0.717, 1.165) is 37.5 Å². The third kappa shape index (κ3) is 3.95. The van der Waals surface area contributed by atoms with Gasteiger partial charge in [0, 0.05) is 17.5 Å². The molecule has 31 heavy (non-hydrogen) atoms. The molecule has 0 aliphatic rings. The molecule has 3 heterocycles. The number of fused-ring (bicyclic) bond motifs is 1. The quantitative estimate of drug-likeness (QED) is 0.331. The van der Waals surface area contributed by atoms with E-state index in [-0.39, 0.29) is 6.54 Å². The van der Waals surface area contributed by atoms with Crippen molar-refractivity contribution in [1.82, 2.24) is 14.9 Å². The minimum Gasteiger partial charge on any atom is -0.276 e. The highest BCUT2D eigenvalue weighted by atomic mass is 32.2. The van der Waals surface area contributed by atoms with Crippen LogP contribution in [0.3, 0.4) is 0 Å². The summed E-state index contributed by atoms with van der Waals surface area (Å²) in [6.45, 7) is 0.280. The second-order valence-electron chi connectivity index (χ2n) is 7.01. The maximum atomic E-state index is 13.1. The summed E-state index contributed by atoms with van der Waals surface area (Å²) >= 11 is 3.25. The maximum Gasteiger partial charge on any atom is 0.241 e. The van der Waals surface area contributed by atoms with Crippen molar-refractivity contribution in [1.29, 1.82) is 0 Å². The molecule has 0 aliphatic heterocycles. The van der Waals surface area contributed by atoms with Gasteiger partial charge in [-0.2, -0.15) is 5.10 Å². The van der Waals surface area contributed by atoms with Crippen LogP contribution in [0.25, 0.3) is 31.9 Å². The van der Waals surface area contributed by atoms with Crippen molar-refractivity contribution in [2.75, 3.05) is 6.54 Å². The summed E-state index contributed by atoms with van der Waals surface area (Å²) in [5, 5.41) is 13.4. The van der Waals surface area contributed by atoms with Crippen LogP contribution in [0.15, 0.2) is 82.4 Å². The lowest BCUT2D eigenvalue weighted by Gasteiger charge is -2.10. The molecule has 5 rings (SSSR count). The Bertz CT molecular complexity index is 1360. The molecule has 0 aliphatic carbocycles. The normalized spacial score (nSPS) is 11.9. The number of rotatable bonds is 7. The van der Waals surface area contributed by atoms with Gasteiger partial charge in [0.1, 0.15) is 5.69 Å². The third-order valence-electron chi connectivity index (χ3n) is 5.10.